The number of benzene rings is 2. The minimum absolute atomic E-state index is 0.461. The summed E-state index contributed by atoms with van der Waals surface area (Å²) in [5.74, 6) is 1.23. The molecule has 0 saturated carbocycles. The zero-order chi connectivity index (χ0) is 26.4. The number of pyridine rings is 2. The molecule has 2 fully saturated rings. The largest absolute Gasteiger partial charge is 0.383 e. The number of hydrogen-bond acceptors (Lipinski definition) is 6. The molecule has 2 aromatic carbocycles. The highest BCUT2D eigenvalue weighted by atomic mass is 15.2. The third kappa shape index (κ3) is 4.47. The molecule has 1 spiro atoms. The highest BCUT2D eigenvalue weighted by Crippen LogP contribution is 2.41. The second-order valence-electron chi connectivity index (χ2n) is 11.2. The molecule has 0 amide bonds. The van der Waals surface area contributed by atoms with Crippen LogP contribution in [0.2, 0.25) is 0 Å². The van der Waals surface area contributed by atoms with Crippen LogP contribution in [0.3, 0.4) is 0 Å². The molecule has 7 nitrogen and oxygen atoms in total. The third-order valence-electron chi connectivity index (χ3n) is 8.46. The SMILES string of the molecule is CN1CCC2(CC1)CN(Cc1ccc(-n3c(-c4cccnc4N)nc4cnc(-c5ccccc5)cc43)cc1)C2. The predicted molar refractivity (Wildman–Crippen MR) is 156 cm³/mol. The van der Waals surface area contributed by atoms with Crippen molar-refractivity contribution in [3.05, 3.63) is 90.8 Å². The molecule has 0 aliphatic carbocycles. The number of fused-ring (bicyclic) bond motifs is 1. The first-order chi connectivity index (χ1) is 19.1. The fourth-order valence-electron chi connectivity index (χ4n) is 6.23. The monoisotopic (exact) mass is 515 g/mol. The standard InChI is InChI=1S/C32H33N7/c1-37-16-13-32(14-17-37)21-38(22-32)20-23-9-11-25(12-10-23)39-29-18-27(24-6-3-2-4-7-24)35-19-28(29)36-31(39)26-8-5-15-34-30(26)33/h2-12,15,18-19H,13-14,16-17,20-22H2,1H3,(H2,33,34). The van der Waals surface area contributed by atoms with Crippen LogP contribution in [0.5, 0.6) is 0 Å². The van der Waals surface area contributed by atoms with E-state index in [4.69, 9.17) is 15.7 Å². The van der Waals surface area contributed by atoms with E-state index in [1.165, 1.54) is 44.6 Å². The van der Waals surface area contributed by atoms with Crippen LogP contribution in [0.25, 0.3) is 39.4 Å². The zero-order valence-electron chi connectivity index (χ0n) is 22.3. The molecular formula is C32H33N7. The van der Waals surface area contributed by atoms with E-state index in [2.05, 4.69) is 68.9 Å². The molecule has 39 heavy (non-hydrogen) atoms. The molecule has 2 saturated heterocycles. The van der Waals surface area contributed by atoms with Gasteiger partial charge in [-0.3, -0.25) is 14.5 Å². The van der Waals surface area contributed by atoms with E-state index in [0.717, 1.165) is 45.9 Å². The number of nitrogens with zero attached hydrogens (tertiary/aromatic N) is 6. The number of anilines is 1. The highest BCUT2D eigenvalue weighted by molar-refractivity contribution is 5.87. The minimum atomic E-state index is 0.461. The maximum Gasteiger partial charge on any atom is 0.149 e. The molecule has 5 heterocycles. The van der Waals surface area contributed by atoms with Gasteiger partial charge < -0.3 is 10.6 Å². The summed E-state index contributed by atoms with van der Waals surface area (Å²) in [7, 11) is 2.24. The van der Waals surface area contributed by atoms with Crippen molar-refractivity contribution in [3.8, 4) is 28.3 Å². The van der Waals surface area contributed by atoms with E-state index < -0.39 is 0 Å². The molecule has 196 valence electrons. The first-order valence-corrected chi connectivity index (χ1v) is 13.7. The van der Waals surface area contributed by atoms with E-state index in [0.29, 0.717) is 11.2 Å². The fourth-order valence-corrected chi connectivity index (χ4v) is 6.23. The summed E-state index contributed by atoms with van der Waals surface area (Å²) in [4.78, 5) is 19.1. The van der Waals surface area contributed by atoms with Crippen molar-refractivity contribution in [2.75, 3.05) is 39.0 Å². The predicted octanol–water partition coefficient (Wildman–Crippen LogP) is 5.26. The summed E-state index contributed by atoms with van der Waals surface area (Å²) in [5.41, 5.74) is 13.8. The Hall–Kier alpha value is -4.07. The Balaban J connectivity index is 1.22. The average molecular weight is 516 g/mol. The van der Waals surface area contributed by atoms with Crippen LogP contribution >= 0.6 is 0 Å². The number of hydrogen-bond donors (Lipinski definition) is 1. The van der Waals surface area contributed by atoms with Gasteiger partial charge in [-0.25, -0.2) is 9.97 Å². The number of nitrogens with two attached hydrogens (primary N) is 1. The first kappa shape index (κ1) is 24.0. The van der Waals surface area contributed by atoms with Gasteiger partial charge in [0.1, 0.15) is 17.2 Å². The molecule has 0 atom stereocenters. The summed E-state index contributed by atoms with van der Waals surface area (Å²) in [6.45, 7) is 5.88. The molecule has 0 radical (unpaired) electrons. The van der Waals surface area contributed by atoms with Crippen LogP contribution in [0.4, 0.5) is 5.82 Å². The highest BCUT2D eigenvalue weighted by Gasteiger charge is 2.43. The van der Waals surface area contributed by atoms with E-state index >= 15 is 0 Å². The number of likely N-dealkylation sites (tertiary alicyclic amines) is 2. The smallest absolute Gasteiger partial charge is 0.149 e. The first-order valence-electron chi connectivity index (χ1n) is 13.7. The van der Waals surface area contributed by atoms with E-state index in [9.17, 15) is 0 Å². The molecular weight excluding hydrogens is 482 g/mol. The molecule has 5 aromatic rings. The molecule has 7 rings (SSSR count). The van der Waals surface area contributed by atoms with Crippen molar-refractivity contribution in [1.29, 1.82) is 0 Å². The molecule has 2 aliphatic rings. The van der Waals surface area contributed by atoms with Crippen LogP contribution < -0.4 is 5.73 Å². The van der Waals surface area contributed by atoms with Gasteiger partial charge in [-0.15, -0.1) is 0 Å². The van der Waals surface area contributed by atoms with Gasteiger partial charge in [-0.2, -0.15) is 0 Å². The second-order valence-corrected chi connectivity index (χ2v) is 11.2. The Bertz CT molecular complexity index is 1610. The lowest BCUT2D eigenvalue weighted by molar-refractivity contribution is -0.0470. The number of imidazole rings is 1. The van der Waals surface area contributed by atoms with Crippen LogP contribution in [0.1, 0.15) is 18.4 Å². The Morgan fingerprint density at radius 3 is 2.41 bits per heavy atom. The van der Waals surface area contributed by atoms with Crippen LogP contribution in [-0.4, -0.2) is 62.5 Å². The third-order valence-corrected chi connectivity index (χ3v) is 8.46. The summed E-state index contributed by atoms with van der Waals surface area (Å²) >= 11 is 0. The van der Waals surface area contributed by atoms with E-state index in [-0.39, 0.29) is 0 Å². The van der Waals surface area contributed by atoms with Gasteiger partial charge in [-0.05, 0) is 74.3 Å². The lowest BCUT2D eigenvalue weighted by atomic mass is 9.72. The maximum absolute atomic E-state index is 6.32. The zero-order valence-corrected chi connectivity index (χ0v) is 22.3. The number of nitrogen functional groups attached to an aromatic ring is 1. The lowest BCUT2D eigenvalue weighted by Gasteiger charge is -2.54. The van der Waals surface area contributed by atoms with Crippen LogP contribution in [0, 0.1) is 5.41 Å². The Labute approximate surface area is 228 Å². The van der Waals surface area contributed by atoms with Gasteiger partial charge in [0, 0.05) is 37.1 Å². The molecule has 0 bridgehead atoms. The number of piperidine rings is 1. The summed E-state index contributed by atoms with van der Waals surface area (Å²) in [5, 5.41) is 0. The van der Waals surface area contributed by atoms with Gasteiger partial charge in [-0.1, -0.05) is 42.5 Å². The molecule has 2 aliphatic heterocycles. The lowest BCUT2D eigenvalue weighted by Crippen LogP contribution is -2.59. The van der Waals surface area contributed by atoms with Crippen LogP contribution in [0.15, 0.2) is 85.2 Å². The summed E-state index contributed by atoms with van der Waals surface area (Å²) in [6, 6.07) is 25.1. The van der Waals surface area contributed by atoms with Crippen molar-refractivity contribution in [2.24, 2.45) is 5.41 Å². The van der Waals surface area contributed by atoms with E-state index in [1.54, 1.807) is 6.20 Å². The van der Waals surface area contributed by atoms with Crippen molar-refractivity contribution < 1.29 is 0 Å². The van der Waals surface area contributed by atoms with Gasteiger partial charge in [0.15, 0.2) is 0 Å². The van der Waals surface area contributed by atoms with Crippen molar-refractivity contribution in [3.63, 3.8) is 0 Å². The second kappa shape index (κ2) is 9.59. The normalized spacial score (nSPS) is 17.5. The van der Waals surface area contributed by atoms with Crippen molar-refractivity contribution >= 4 is 16.9 Å². The Morgan fingerprint density at radius 2 is 1.67 bits per heavy atom. The maximum atomic E-state index is 6.32. The quantitative estimate of drug-likeness (QED) is 0.344. The van der Waals surface area contributed by atoms with Gasteiger partial charge in [0.2, 0.25) is 0 Å². The fraction of sp³-hybridized carbons (Fsp3) is 0.281. The number of aromatic nitrogens is 4. The van der Waals surface area contributed by atoms with Crippen molar-refractivity contribution in [2.45, 2.75) is 19.4 Å². The molecule has 3 aromatic heterocycles. The summed E-state index contributed by atoms with van der Waals surface area (Å²) in [6.07, 6.45) is 6.21. The van der Waals surface area contributed by atoms with Gasteiger partial charge in [0.25, 0.3) is 0 Å². The minimum Gasteiger partial charge on any atom is -0.383 e. The molecule has 2 N–H and O–H groups in total. The van der Waals surface area contributed by atoms with Crippen molar-refractivity contribution in [1.82, 2.24) is 29.3 Å². The van der Waals surface area contributed by atoms with Crippen LogP contribution in [-0.2, 0) is 6.54 Å². The van der Waals surface area contributed by atoms with Gasteiger partial charge in [0.05, 0.1) is 23.0 Å². The number of rotatable bonds is 5. The van der Waals surface area contributed by atoms with Gasteiger partial charge >= 0.3 is 0 Å². The summed E-state index contributed by atoms with van der Waals surface area (Å²) < 4.78 is 2.18. The topological polar surface area (TPSA) is 76.1 Å². The van der Waals surface area contributed by atoms with E-state index in [1.807, 2.05) is 36.5 Å². The average Bonchev–Trinajstić information content (AvgIpc) is 3.33. The Kier molecular flexibility index (Phi) is 5.90. The Morgan fingerprint density at radius 1 is 0.897 bits per heavy atom. The molecule has 0 unspecified atom stereocenters. The molecule has 7 heteroatoms.